The molecule has 0 unspecified atom stereocenters. The zero-order valence-electron chi connectivity index (χ0n) is 13.7. The number of carbonyl (C=O) groups excluding carboxylic acids is 1. The lowest BCUT2D eigenvalue weighted by Gasteiger charge is -2.10. The SMILES string of the molecule is N#Cc1cc(Cl)ccc1NCc1ccc(NC(=O)c2cccnc2)cc1. The molecular weight excluding hydrogens is 348 g/mol. The van der Waals surface area contributed by atoms with Crippen LogP contribution in [-0.2, 0) is 6.54 Å². The molecule has 1 aromatic heterocycles. The van der Waals surface area contributed by atoms with Gasteiger partial charge in [-0.1, -0.05) is 23.7 Å². The molecule has 2 aromatic carbocycles. The highest BCUT2D eigenvalue weighted by molar-refractivity contribution is 6.30. The fourth-order valence-corrected chi connectivity index (χ4v) is 2.54. The lowest BCUT2D eigenvalue weighted by molar-refractivity contribution is 0.102. The zero-order valence-corrected chi connectivity index (χ0v) is 14.5. The summed E-state index contributed by atoms with van der Waals surface area (Å²) in [6.45, 7) is 0.549. The standard InChI is InChI=1S/C20H15ClN4O/c21-17-5-8-19(16(10-17)11-22)24-12-14-3-6-18(7-4-14)25-20(26)15-2-1-9-23-13-15/h1-10,13,24H,12H2,(H,25,26). The maximum absolute atomic E-state index is 12.1. The quantitative estimate of drug-likeness (QED) is 0.701. The van der Waals surface area contributed by atoms with Crippen molar-refractivity contribution in [2.45, 2.75) is 6.54 Å². The molecule has 0 aliphatic carbocycles. The van der Waals surface area contributed by atoms with Gasteiger partial charge in [0, 0.05) is 29.6 Å². The summed E-state index contributed by atoms with van der Waals surface area (Å²) in [5.74, 6) is -0.205. The van der Waals surface area contributed by atoms with Crippen LogP contribution in [-0.4, -0.2) is 10.9 Å². The van der Waals surface area contributed by atoms with Gasteiger partial charge < -0.3 is 10.6 Å². The number of carbonyl (C=O) groups is 1. The number of amides is 1. The molecule has 0 atom stereocenters. The first kappa shape index (κ1) is 17.5. The number of aromatic nitrogens is 1. The van der Waals surface area contributed by atoms with Crippen LogP contribution in [0.4, 0.5) is 11.4 Å². The van der Waals surface area contributed by atoms with Crippen molar-refractivity contribution in [2.75, 3.05) is 10.6 Å². The Morgan fingerprint density at radius 3 is 2.65 bits per heavy atom. The predicted octanol–water partition coefficient (Wildman–Crippen LogP) is 4.47. The van der Waals surface area contributed by atoms with Gasteiger partial charge in [0.2, 0.25) is 0 Å². The van der Waals surface area contributed by atoms with Crippen LogP contribution in [0.3, 0.4) is 0 Å². The highest BCUT2D eigenvalue weighted by Gasteiger charge is 2.06. The Balaban J connectivity index is 1.62. The molecule has 5 nitrogen and oxygen atoms in total. The summed E-state index contributed by atoms with van der Waals surface area (Å²) in [6.07, 6.45) is 3.14. The maximum atomic E-state index is 12.1. The van der Waals surface area contributed by atoms with E-state index in [2.05, 4.69) is 21.7 Å². The van der Waals surface area contributed by atoms with E-state index in [1.807, 2.05) is 24.3 Å². The van der Waals surface area contributed by atoms with E-state index in [9.17, 15) is 4.79 Å². The third-order valence-corrected chi connectivity index (χ3v) is 3.96. The lowest BCUT2D eigenvalue weighted by atomic mass is 10.1. The van der Waals surface area contributed by atoms with Crippen LogP contribution in [0.15, 0.2) is 67.0 Å². The second kappa shape index (κ2) is 8.15. The van der Waals surface area contributed by atoms with Gasteiger partial charge >= 0.3 is 0 Å². The molecule has 1 heterocycles. The van der Waals surface area contributed by atoms with Crippen molar-refractivity contribution in [3.05, 3.63) is 88.7 Å². The first-order valence-corrected chi connectivity index (χ1v) is 8.27. The van der Waals surface area contributed by atoms with E-state index < -0.39 is 0 Å². The van der Waals surface area contributed by atoms with E-state index in [1.165, 1.54) is 6.20 Å². The molecule has 0 aliphatic rings. The fourth-order valence-electron chi connectivity index (χ4n) is 2.37. The minimum Gasteiger partial charge on any atom is -0.380 e. The van der Waals surface area contributed by atoms with Crippen molar-refractivity contribution in [3.63, 3.8) is 0 Å². The van der Waals surface area contributed by atoms with Crippen LogP contribution in [0, 0.1) is 11.3 Å². The molecule has 0 fully saturated rings. The van der Waals surface area contributed by atoms with Crippen molar-refractivity contribution < 1.29 is 4.79 Å². The number of hydrogen-bond donors (Lipinski definition) is 2. The number of nitrogens with one attached hydrogen (secondary N) is 2. The molecule has 3 rings (SSSR count). The van der Waals surface area contributed by atoms with Crippen molar-refractivity contribution in [1.82, 2.24) is 4.98 Å². The van der Waals surface area contributed by atoms with E-state index in [0.29, 0.717) is 28.4 Å². The molecule has 128 valence electrons. The van der Waals surface area contributed by atoms with Gasteiger partial charge in [0.15, 0.2) is 0 Å². The first-order chi connectivity index (χ1) is 12.7. The minimum absolute atomic E-state index is 0.205. The number of halogens is 1. The number of pyridine rings is 1. The fraction of sp³-hybridized carbons (Fsp3) is 0.0500. The third kappa shape index (κ3) is 4.38. The van der Waals surface area contributed by atoms with Gasteiger partial charge in [0.25, 0.3) is 5.91 Å². The van der Waals surface area contributed by atoms with Gasteiger partial charge in [-0.3, -0.25) is 9.78 Å². The van der Waals surface area contributed by atoms with Gasteiger partial charge in [0.05, 0.1) is 16.8 Å². The van der Waals surface area contributed by atoms with Crippen molar-refractivity contribution in [2.24, 2.45) is 0 Å². The Morgan fingerprint density at radius 2 is 1.96 bits per heavy atom. The summed E-state index contributed by atoms with van der Waals surface area (Å²) in [7, 11) is 0. The number of nitrogens with zero attached hydrogens (tertiary/aromatic N) is 2. The average molecular weight is 363 g/mol. The maximum Gasteiger partial charge on any atom is 0.257 e. The number of anilines is 2. The molecule has 0 radical (unpaired) electrons. The van der Waals surface area contributed by atoms with Gasteiger partial charge in [-0.15, -0.1) is 0 Å². The molecule has 0 aliphatic heterocycles. The van der Waals surface area contributed by atoms with Gasteiger partial charge in [0.1, 0.15) is 6.07 Å². The summed E-state index contributed by atoms with van der Waals surface area (Å²) >= 11 is 5.90. The molecule has 0 bridgehead atoms. The Bertz CT molecular complexity index is 950. The normalized spacial score (nSPS) is 10.0. The molecule has 6 heteroatoms. The first-order valence-electron chi connectivity index (χ1n) is 7.89. The monoisotopic (exact) mass is 362 g/mol. The van der Waals surface area contributed by atoms with Crippen LogP contribution in [0.25, 0.3) is 0 Å². The Morgan fingerprint density at radius 1 is 1.15 bits per heavy atom. The van der Waals surface area contributed by atoms with Crippen LogP contribution in [0.2, 0.25) is 5.02 Å². The van der Waals surface area contributed by atoms with Gasteiger partial charge in [-0.2, -0.15) is 5.26 Å². The molecule has 1 amide bonds. The molecule has 0 saturated carbocycles. The van der Waals surface area contributed by atoms with Crippen molar-refractivity contribution in [1.29, 1.82) is 5.26 Å². The molecule has 0 spiro atoms. The zero-order chi connectivity index (χ0) is 18.4. The second-order valence-corrected chi connectivity index (χ2v) is 5.98. The molecule has 2 N–H and O–H groups in total. The van der Waals surface area contributed by atoms with Gasteiger partial charge in [-0.05, 0) is 48.0 Å². The van der Waals surface area contributed by atoms with E-state index in [1.54, 1.807) is 36.5 Å². The van der Waals surface area contributed by atoms with Crippen LogP contribution < -0.4 is 10.6 Å². The van der Waals surface area contributed by atoms with E-state index in [0.717, 1.165) is 11.3 Å². The van der Waals surface area contributed by atoms with Crippen molar-refractivity contribution in [3.8, 4) is 6.07 Å². The predicted molar refractivity (Wildman–Crippen MR) is 102 cm³/mol. The topological polar surface area (TPSA) is 77.8 Å². The van der Waals surface area contributed by atoms with E-state index in [-0.39, 0.29) is 5.91 Å². The Kier molecular flexibility index (Phi) is 5.47. The molecular formula is C20H15ClN4O. The van der Waals surface area contributed by atoms with Crippen LogP contribution in [0.1, 0.15) is 21.5 Å². The number of nitriles is 1. The summed E-state index contributed by atoms with van der Waals surface area (Å²) < 4.78 is 0. The largest absolute Gasteiger partial charge is 0.380 e. The number of hydrogen-bond acceptors (Lipinski definition) is 4. The van der Waals surface area contributed by atoms with E-state index in [4.69, 9.17) is 16.9 Å². The summed E-state index contributed by atoms with van der Waals surface area (Å²) in [5.41, 5.74) is 3.45. The van der Waals surface area contributed by atoms with Crippen molar-refractivity contribution >= 4 is 28.9 Å². The second-order valence-electron chi connectivity index (χ2n) is 5.55. The Hall–Kier alpha value is -3.36. The smallest absolute Gasteiger partial charge is 0.257 e. The summed E-state index contributed by atoms with van der Waals surface area (Å²) in [4.78, 5) is 16.0. The Labute approximate surface area is 156 Å². The van der Waals surface area contributed by atoms with Crippen LogP contribution >= 0.6 is 11.6 Å². The number of rotatable bonds is 5. The molecule has 3 aromatic rings. The lowest BCUT2D eigenvalue weighted by Crippen LogP contribution is -2.12. The van der Waals surface area contributed by atoms with Gasteiger partial charge in [-0.25, -0.2) is 0 Å². The molecule has 0 saturated heterocycles. The highest BCUT2D eigenvalue weighted by atomic mass is 35.5. The third-order valence-electron chi connectivity index (χ3n) is 3.72. The highest BCUT2D eigenvalue weighted by Crippen LogP contribution is 2.21. The van der Waals surface area contributed by atoms with E-state index >= 15 is 0 Å². The average Bonchev–Trinajstić information content (AvgIpc) is 2.68. The van der Waals surface area contributed by atoms with Crippen LogP contribution in [0.5, 0.6) is 0 Å². The minimum atomic E-state index is -0.205. The number of benzene rings is 2. The molecule has 26 heavy (non-hydrogen) atoms. The summed E-state index contributed by atoms with van der Waals surface area (Å²) in [6, 6.07) is 18.2. The summed E-state index contributed by atoms with van der Waals surface area (Å²) in [5, 5.41) is 15.7.